The second kappa shape index (κ2) is 17.4. The number of nitrogens with zero attached hydrogens (tertiary/aromatic N) is 2. The number of hydrogen-bond acceptors (Lipinski definition) is 11. The maximum atomic E-state index is 14.0. The molecular formula is C41H45N4O9P. The highest BCUT2D eigenvalue weighted by Gasteiger charge is 2.46. The zero-order chi connectivity index (χ0) is 39.0. The SMILES string of the molecule is COC(=O)[C@H](C)NP(=O)(OC[C@H]1O[C@@H](n2ccc(NC(c3ccccc3)(c3ccccc3)c3ccc(OC)cc3)nc2=O)[C@@H](OC)C1C)Oc1ccccc1. The Morgan fingerprint density at radius 2 is 1.44 bits per heavy atom. The van der Waals surface area contributed by atoms with Crippen molar-refractivity contribution in [3.63, 3.8) is 0 Å². The van der Waals surface area contributed by atoms with Crippen molar-refractivity contribution < 1.29 is 37.4 Å². The summed E-state index contributed by atoms with van der Waals surface area (Å²) in [6.07, 6.45) is -0.576. The minimum Gasteiger partial charge on any atom is -0.497 e. The molecule has 0 bridgehead atoms. The maximum Gasteiger partial charge on any atom is 0.459 e. The van der Waals surface area contributed by atoms with Crippen LogP contribution in [0, 0.1) is 5.92 Å². The van der Waals surface area contributed by atoms with Gasteiger partial charge in [-0.25, -0.2) is 9.36 Å². The lowest BCUT2D eigenvalue weighted by atomic mass is 9.77. The number of carbonyl (C=O) groups is 1. The predicted molar refractivity (Wildman–Crippen MR) is 207 cm³/mol. The van der Waals surface area contributed by atoms with Crippen molar-refractivity contribution in [1.82, 2.24) is 14.6 Å². The first-order valence-corrected chi connectivity index (χ1v) is 19.3. The van der Waals surface area contributed by atoms with Gasteiger partial charge in [-0.2, -0.15) is 10.1 Å². The molecule has 13 nitrogen and oxygen atoms in total. The molecule has 14 heteroatoms. The van der Waals surface area contributed by atoms with Crippen molar-refractivity contribution in [2.24, 2.45) is 5.92 Å². The third kappa shape index (κ3) is 8.67. The molecule has 1 aliphatic heterocycles. The number of aromatic nitrogens is 2. The second-order valence-electron chi connectivity index (χ2n) is 13.0. The monoisotopic (exact) mass is 768 g/mol. The lowest BCUT2D eigenvalue weighted by Crippen LogP contribution is -2.40. The standard InChI is InChI=1S/C41H45N4O9P/c1-28-35(27-52-55(48,44-29(2)39(46)51-5)54-34-19-13-8-14-20-34)53-38(37(28)50-4)45-26-25-36(42-40(45)47)43-41(30-15-9-6-10-16-30,31-17-11-7-12-18-31)32-21-23-33(49-3)24-22-32/h6-26,28-29,35,37-38H,27H2,1-5H3,(H,44,48)(H,42,43,47)/t28?,29-,35+,37-,38+,55?/m0/s1. The quantitative estimate of drug-likeness (QED) is 0.0637. The van der Waals surface area contributed by atoms with E-state index in [0.717, 1.165) is 16.7 Å². The summed E-state index contributed by atoms with van der Waals surface area (Å²) in [6.45, 7) is 3.15. The van der Waals surface area contributed by atoms with Gasteiger partial charge in [0, 0.05) is 19.2 Å². The molecular weight excluding hydrogens is 723 g/mol. The zero-order valence-corrected chi connectivity index (χ0v) is 32.1. The van der Waals surface area contributed by atoms with E-state index in [1.807, 2.05) is 91.9 Å². The summed E-state index contributed by atoms with van der Waals surface area (Å²) < 4.78 is 49.5. The summed E-state index contributed by atoms with van der Waals surface area (Å²) in [5.74, 6) is 0.325. The number of esters is 1. The molecule has 55 heavy (non-hydrogen) atoms. The number of nitrogens with one attached hydrogen (secondary N) is 2. The fourth-order valence-electron chi connectivity index (χ4n) is 6.75. The zero-order valence-electron chi connectivity index (χ0n) is 31.2. The molecule has 1 aromatic heterocycles. The third-order valence-electron chi connectivity index (χ3n) is 9.61. The molecule has 1 aliphatic rings. The predicted octanol–water partition coefficient (Wildman–Crippen LogP) is 6.56. The fourth-order valence-corrected chi connectivity index (χ4v) is 8.25. The largest absolute Gasteiger partial charge is 0.497 e. The van der Waals surface area contributed by atoms with Crippen LogP contribution in [0.3, 0.4) is 0 Å². The van der Waals surface area contributed by atoms with Gasteiger partial charge < -0.3 is 28.8 Å². The molecule has 5 aromatic rings. The van der Waals surface area contributed by atoms with E-state index in [0.29, 0.717) is 11.6 Å². The number of hydrogen-bond donors (Lipinski definition) is 2. The van der Waals surface area contributed by atoms with Crippen LogP contribution in [0.15, 0.2) is 132 Å². The number of benzene rings is 4. The van der Waals surface area contributed by atoms with Crippen LogP contribution in [0.1, 0.15) is 36.8 Å². The summed E-state index contributed by atoms with van der Waals surface area (Å²) in [6, 6.07) is 36.8. The van der Waals surface area contributed by atoms with E-state index in [4.69, 9.17) is 28.0 Å². The van der Waals surface area contributed by atoms with E-state index >= 15 is 0 Å². The van der Waals surface area contributed by atoms with Crippen molar-refractivity contribution in [3.05, 3.63) is 155 Å². The Balaban J connectivity index is 1.28. The summed E-state index contributed by atoms with van der Waals surface area (Å²) >= 11 is 0. The minimum absolute atomic E-state index is 0.219. The molecule has 288 valence electrons. The van der Waals surface area contributed by atoms with Crippen LogP contribution in [-0.2, 0) is 33.6 Å². The van der Waals surface area contributed by atoms with Crippen molar-refractivity contribution in [3.8, 4) is 11.5 Å². The van der Waals surface area contributed by atoms with E-state index in [9.17, 15) is 14.2 Å². The highest BCUT2D eigenvalue weighted by molar-refractivity contribution is 7.52. The van der Waals surface area contributed by atoms with E-state index < -0.39 is 49.4 Å². The number of methoxy groups -OCH3 is 3. The summed E-state index contributed by atoms with van der Waals surface area (Å²) in [4.78, 5) is 30.6. The van der Waals surface area contributed by atoms with Crippen LogP contribution in [0.2, 0.25) is 0 Å². The lowest BCUT2D eigenvalue weighted by molar-refractivity contribution is -0.142. The van der Waals surface area contributed by atoms with Crippen molar-refractivity contribution in [2.45, 2.75) is 43.9 Å². The van der Waals surface area contributed by atoms with Gasteiger partial charge >= 0.3 is 19.4 Å². The molecule has 2 unspecified atom stereocenters. The molecule has 6 atom stereocenters. The molecule has 0 saturated carbocycles. The maximum absolute atomic E-state index is 14.0. The van der Waals surface area contributed by atoms with Gasteiger partial charge in [0.25, 0.3) is 0 Å². The molecule has 0 amide bonds. The lowest BCUT2D eigenvalue weighted by Gasteiger charge is -2.37. The van der Waals surface area contributed by atoms with Crippen LogP contribution in [0.25, 0.3) is 0 Å². The average molecular weight is 769 g/mol. The Labute approximate surface area is 320 Å². The Hall–Kier alpha value is -5.30. The Morgan fingerprint density at radius 3 is 1.98 bits per heavy atom. The van der Waals surface area contributed by atoms with Gasteiger partial charge in [-0.1, -0.05) is 97.9 Å². The molecule has 0 radical (unpaired) electrons. The van der Waals surface area contributed by atoms with E-state index in [1.54, 1.807) is 49.7 Å². The van der Waals surface area contributed by atoms with Gasteiger partial charge in [-0.05, 0) is 53.9 Å². The smallest absolute Gasteiger partial charge is 0.459 e. The van der Waals surface area contributed by atoms with Crippen LogP contribution in [-0.4, -0.2) is 61.7 Å². The summed E-state index contributed by atoms with van der Waals surface area (Å²) in [7, 11) is 0.230. The number of carbonyl (C=O) groups excluding carboxylic acids is 1. The Bertz CT molecular complexity index is 2080. The Morgan fingerprint density at radius 1 is 0.855 bits per heavy atom. The first-order chi connectivity index (χ1) is 26.6. The fraction of sp³-hybridized carbons (Fsp3) is 0.293. The molecule has 4 aromatic carbocycles. The van der Waals surface area contributed by atoms with Crippen molar-refractivity contribution in [1.29, 1.82) is 0 Å². The van der Waals surface area contributed by atoms with Crippen molar-refractivity contribution in [2.75, 3.05) is 33.3 Å². The first kappa shape index (κ1) is 39.4. The highest BCUT2D eigenvalue weighted by Crippen LogP contribution is 2.47. The van der Waals surface area contributed by atoms with Gasteiger partial charge in [0.05, 0.1) is 26.9 Å². The summed E-state index contributed by atoms with van der Waals surface area (Å²) in [5, 5.41) is 6.27. The normalized spacial score (nSPS) is 19.9. The van der Waals surface area contributed by atoms with Gasteiger partial charge in [0.1, 0.15) is 35.0 Å². The van der Waals surface area contributed by atoms with E-state index in [1.165, 1.54) is 25.7 Å². The van der Waals surface area contributed by atoms with Crippen LogP contribution in [0.5, 0.6) is 11.5 Å². The molecule has 0 aliphatic carbocycles. The van der Waals surface area contributed by atoms with Crippen molar-refractivity contribution >= 4 is 19.5 Å². The average Bonchev–Trinajstić information content (AvgIpc) is 3.54. The molecule has 6 rings (SSSR count). The molecule has 2 N–H and O–H groups in total. The molecule has 1 saturated heterocycles. The van der Waals surface area contributed by atoms with Gasteiger partial charge in [0.2, 0.25) is 0 Å². The number of ether oxygens (including phenoxy) is 4. The van der Waals surface area contributed by atoms with E-state index in [-0.39, 0.29) is 18.3 Å². The van der Waals surface area contributed by atoms with Crippen LogP contribution >= 0.6 is 7.75 Å². The van der Waals surface area contributed by atoms with Gasteiger partial charge in [0.15, 0.2) is 6.23 Å². The topological polar surface area (TPSA) is 148 Å². The second-order valence-corrected chi connectivity index (χ2v) is 14.7. The van der Waals surface area contributed by atoms with E-state index in [2.05, 4.69) is 15.4 Å². The van der Waals surface area contributed by atoms with Crippen LogP contribution < -0.4 is 25.4 Å². The molecule has 2 heterocycles. The minimum atomic E-state index is -4.15. The first-order valence-electron chi connectivity index (χ1n) is 17.8. The highest BCUT2D eigenvalue weighted by atomic mass is 31.2. The van der Waals surface area contributed by atoms with Crippen LogP contribution in [0.4, 0.5) is 5.82 Å². The molecule has 0 spiro atoms. The third-order valence-corrected chi connectivity index (χ3v) is 11.3. The number of anilines is 1. The molecule has 1 fully saturated rings. The van der Waals surface area contributed by atoms with Gasteiger partial charge in [-0.15, -0.1) is 0 Å². The number of para-hydroxylation sites is 1. The number of rotatable bonds is 16. The Kier molecular flexibility index (Phi) is 12.5. The summed E-state index contributed by atoms with van der Waals surface area (Å²) in [5.41, 5.74) is 1.22. The van der Waals surface area contributed by atoms with Gasteiger partial charge in [-0.3, -0.25) is 13.9 Å².